The molecule has 2 nitrogen and oxygen atoms in total. The van der Waals surface area contributed by atoms with Gasteiger partial charge in [0.1, 0.15) is 0 Å². The molecule has 0 aliphatic heterocycles. The lowest BCUT2D eigenvalue weighted by atomic mass is 10.3. The Hall–Kier alpha value is -0.600. The number of ether oxygens (including phenoxy) is 1. The van der Waals surface area contributed by atoms with Gasteiger partial charge in [-0.15, -0.1) is 12.4 Å². The molecule has 1 aromatic rings. The summed E-state index contributed by atoms with van der Waals surface area (Å²) in [6.45, 7) is 0. The number of rotatable bonds is 2. The van der Waals surface area contributed by atoms with Crippen LogP contribution in [-0.2, 0) is 0 Å². The summed E-state index contributed by atoms with van der Waals surface area (Å²) < 4.78 is 5.07. The standard InChI is InChI=1S/C8H10ClNO.ClH/c1-10-7-5-3-4-6(9)8(7)11-2;/h3-5,10H,1-2H3;1H. The average molecular weight is 208 g/mol. The van der Waals surface area contributed by atoms with Crippen LogP contribution in [0.2, 0.25) is 5.02 Å². The minimum Gasteiger partial charge on any atom is -0.493 e. The summed E-state index contributed by atoms with van der Waals surface area (Å²) in [7, 11) is 3.43. The van der Waals surface area contributed by atoms with E-state index in [1.165, 1.54) is 0 Å². The maximum Gasteiger partial charge on any atom is 0.160 e. The van der Waals surface area contributed by atoms with Crippen LogP contribution in [-0.4, -0.2) is 14.2 Å². The lowest BCUT2D eigenvalue weighted by molar-refractivity contribution is 0.417. The SMILES string of the molecule is CNc1cccc(Cl)c1OC.Cl. The van der Waals surface area contributed by atoms with Gasteiger partial charge in [-0.25, -0.2) is 0 Å². The summed E-state index contributed by atoms with van der Waals surface area (Å²) in [4.78, 5) is 0. The number of hydrogen-bond donors (Lipinski definition) is 1. The molecule has 0 bridgehead atoms. The minimum atomic E-state index is 0. The third-order valence-electron chi connectivity index (χ3n) is 1.44. The van der Waals surface area contributed by atoms with Crippen molar-refractivity contribution in [1.29, 1.82) is 0 Å². The van der Waals surface area contributed by atoms with Crippen molar-refractivity contribution in [1.82, 2.24) is 0 Å². The highest BCUT2D eigenvalue weighted by atomic mass is 35.5. The predicted molar refractivity (Wildman–Crippen MR) is 54.8 cm³/mol. The predicted octanol–water partition coefficient (Wildman–Crippen LogP) is 2.81. The molecule has 12 heavy (non-hydrogen) atoms. The highest BCUT2D eigenvalue weighted by molar-refractivity contribution is 6.32. The highest BCUT2D eigenvalue weighted by Crippen LogP contribution is 2.31. The number of para-hydroxylation sites is 1. The molecule has 0 aromatic heterocycles. The fourth-order valence-electron chi connectivity index (χ4n) is 0.913. The van der Waals surface area contributed by atoms with E-state index in [1.54, 1.807) is 13.2 Å². The fraction of sp³-hybridized carbons (Fsp3) is 0.250. The Morgan fingerprint density at radius 3 is 2.50 bits per heavy atom. The fourth-order valence-corrected chi connectivity index (χ4v) is 1.16. The first-order chi connectivity index (χ1) is 5.29. The van der Waals surface area contributed by atoms with Crippen LogP contribution < -0.4 is 10.1 Å². The van der Waals surface area contributed by atoms with Gasteiger partial charge in [0.05, 0.1) is 17.8 Å². The second-order valence-corrected chi connectivity index (χ2v) is 2.48. The van der Waals surface area contributed by atoms with E-state index >= 15 is 0 Å². The van der Waals surface area contributed by atoms with Crippen molar-refractivity contribution >= 4 is 29.7 Å². The van der Waals surface area contributed by atoms with E-state index in [-0.39, 0.29) is 12.4 Å². The number of hydrogen-bond acceptors (Lipinski definition) is 2. The third-order valence-corrected chi connectivity index (χ3v) is 1.74. The Kier molecular flexibility index (Phi) is 4.86. The first-order valence-corrected chi connectivity index (χ1v) is 3.67. The quantitative estimate of drug-likeness (QED) is 0.806. The molecular weight excluding hydrogens is 197 g/mol. The summed E-state index contributed by atoms with van der Waals surface area (Å²) >= 11 is 5.84. The van der Waals surface area contributed by atoms with Crippen molar-refractivity contribution in [2.45, 2.75) is 0 Å². The first kappa shape index (κ1) is 11.4. The van der Waals surface area contributed by atoms with E-state index in [2.05, 4.69) is 5.32 Å². The molecule has 0 saturated carbocycles. The molecule has 0 amide bonds. The molecule has 0 saturated heterocycles. The van der Waals surface area contributed by atoms with Crippen LogP contribution in [0.25, 0.3) is 0 Å². The van der Waals surface area contributed by atoms with E-state index in [0.29, 0.717) is 10.8 Å². The van der Waals surface area contributed by atoms with Gasteiger partial charge in [-0.3, -0.25) is 0 Å². The summed E-state index contributed by atoms with van der Waals surface area (Å²) in [6.07, 6.45) is 0. The van der Waals surface area contributed by atoms with Crippen LogP contribution in [0.5, 0.6) is 5.75 Å². The van der Waals surface area contributed by atoms with Crippen molar-refractivity contribution in [3.63, 3.8) is 0 Å². The summed E-state index contributed by atoms with van der Waals surface area (Å²) in [5, 5.41) is 3.60. The molecule has 1 aromatic carbocycles. The van der Waals surface area contributed by atoms with Gasteiger partial charge in [0, 0.05) is 7.05 Å². The van der Waals surface area contributed by atoms with E-state index in [1.807, 2.05) is 19.2 Å². The summed E-state index contributed by atoms with van der Waals surface area (Å²) in [6, 6.07) is 5.57. The first-order valence-electron chi connectivity index (χ1n) is 3.30. The third kappa shape index (κ3) is 2.19. The molecule has 68 valence electrons. The van der Waals surface area contributed by atoms with Gasteiger partial charge in [0.2, 0.25) is 0 Å². The van der Waals surface area contributed by atoms with E-state index in [0.717, 1.165) is 5.69 Å². The van der Waals surface area contributed by atoms with Gasteiger partial charge in [-0.05, 0) is 12.1 Å². The monoisotopic (exact) mass is 207 g/mol. The zero-order chi connectivity index (χ0) is 8.27. The molecule has 1 rings (SSSR count). The van der Waals surface area contributed by atoms with E-state index in [9.17, 15) is 0 Å². The molecule has 0 spiro atoms. The van der Waals surface area contributed by atoms with Crippen molar-refractivity contribution in [2.24, 2.45) is 0 Å². The van der Waals surface area contributed by atoms with Gasteiger partial charge in [-0.2, -0.15) is 0 Å². The number of anilines is 1. The number of benzene rings is 1. The van der Waals surface area contributed by atoms with Crippen LogP contribution in [0.15, 0.2) is 18.2 Å². The Labute approximate surface area is 83.3 Å². The van der Waals surface area contributed by atoms with Crippen LogP contribution in [0, 0.1) is 0 Å². The topological polar surface area (TPSA) is 21.3 Å². The van der Waals surface area contributed by atoms with Gasteiger partial charge >= 0.3 is 0 Å². The van der Waals surface area contributed by atoms with Gasteiger partial charge < -0.3 is 10.1 Å². The van der Waals surface area contributed by atoms with Crippen molar-refractivity contribution in [3.05, 3.63) is 23.2 Å². The molecule has 0 atom stereocenters. The molecule has 0 unspecified atom stereocenters. The van der Waals surface area contributed by atoms with Crippen molar-refractivity contribution < 1.29 is 4.74 Å². The maximum absolute atomic E-state index is 5.84. The summed E-state index contributed by atoms with van der Waals surface area (Å²) in [5.74, 6) is 0.691. The molecule has 1 N–H and O–H groups in total. The van der Waals surface area contributed by atoms with Crippen LogP contribution in [0.4, 0.5) is 5.69 Å². The Morgan fingerprint density at radius 2 is 2.08 bits per heavy atom. The number of methoxy groups -OCH3 is 1. The molecule has 0 fully saturated rings. The molecule has 0 aliphatic rings. The number of nitrogens with one attached hydrogen (secondary N) is 1. The molecule has 0 aliphatic carbocycles. The van der Waals surface area contributed by atoms with Crippen LogP contribution >= 0.6 is 24.0 Å². The largest absolute Gasteiger partial charge is 0.493 e. The van der Waals surface area contributed by atoms with Gasteiger partial charge in [-0.1, -0.05) is 17.7 Å². The lowest BCUT2D eigenvalue weighted by Crippen LogP contribution is -1.93. The molecule has 4 heteroatoms. The second kappa shape index (κ2) is 5.12. The maximum atomic E-state index is 5.84. The normalized spacial score (nSPS) is 8.58. The molecule has 0 radical (unpaired) electrons. The zero-order valence-corrected chi connectivity index (χ0v) is 8.50. The zero-order valence-electron chi connectivity index (χ0n) is 6.93. The molecular formula is C8H11Cl2NO. The van der Waals surface area contributed by atoms with Crippen LogP contribution in [0.1, 0.15) is 0 Å². The Bertz CT molecular complexity index is 253. The second-order valence-electron chi connectivity index (χ2n) is 2.07. The smallest absolute Gasteiger partial charge is 0.160 e. The van der Waals surface area contributed by atoms with E-state index < -0.39 is 0 Å². The average Bonchev–Trinajstić information content (AvgIpc) is 2.04. The van der Waals surface area contributed by atoms with Gasteiger partial charge in [0.25, 0.3) is 0 Å². The van der Waals surface area contributed by atoms with Crippen molar-refractivity contribution in [3.8, 4) is 5.75 Å². The summed E-state index contributed by atoms with van der Waals surface area (Å²) in [5.41, 5.74) is 0.903. The minimum absolute atomic E-state index is 0. The van der Waals surface area contributed by atoms with Crippen molar-refractivity contribution in [2.75, 3.05) is 19.5 Å². The molecule has 0 heterocycles. The Morgan fingerprint density at radius 1 is 1.42 bits per heavy atom. The van der Waals surface area contributed by atoms with E-state index in [4.69, 9.17) is 16.3 Å². The Balaban J connectivity index is 0.00000121. The lowest BCUT2D eigenvalue weighted by Gasteiger charge is -2.08. The highest BCUT2D eigenvalue weighted by Gasteiger charge is 2.03. The van der Waals surface area contributed by atoms with Gasteiger partial charge in [0.15, 0.2) is 5.75 Å². The van der Waals surface area contributed by atoms with Crippen LogP contribution in [0.3, 0.4) is 0 Å². The number of halogens is 2.